The third-order valence-electron chi connectivity index (χ3n) is 8.65. The number of fused-ring (bicyclic) bond motifs is 2. The van der Waals surface area contributed by atoms with Crippen molar-refractivity contribution in [3.63, 3.8) is 0 Å². The zero-order valence-corrected chi connectivity index (χ0v) is 21.9. The predicted octanol–water partition coefficient (Wildman–Crippen LogP) is 4.16. The molecular formula is C28H39FN2O6. The molecule has 3 fully saturated rings. The van der Waals surface area contributed by atoms with Gasteiger partial charge in [-0.2, -0.15) is 0 Å². The van der Waals surface area contributed by atoms with Crippen LogP contribution in [0.4, 0.5) is 4.39 Å². The van der Waals surface area contributed by atoms with Crippen molar-refractivity contribution in [2.24, 2.45) is 29.6 Å². The van der Waals surface area contributed by atoms with E-state index < -0.39 is 23.6 Å². The van der Waals surface area contributed by atoms with Crippen molar-refractivity contribution in [2.45, 2.75) is 77.4 Å². The number of nitrogens with one attached hydrogen (secondary N) is 2. The Morgan fingerprint density at radius 1 is 1.08 bits per heavy atom. The average molecular weight is 519 g/mol. The lowest BCUT2D eigenvalue weighted by molar-refractivity contribution is -0.143. The van der Waals surface area contributed by atoms with E-state index in [2.05, 4.69) is 24.5 Å². The number of methoxy groups -OCH3 is 1. The molecule has 0 aliphatic heterocycles. The van der Waals surface area contributed by atoms with Gasteiger partial charge in [0.05, 0.1) is 30.6 Å². The van der Waals surface area contributed by atoms with Crippen LogP contribution in [0.1, 0.15) is 75.6 Å². The molecule has 9 heteroatoms. The maximum absolute atomic E-state index is 14.8. The maximum Gasteiger partial charge on any atom is 0.306 e. The van der Waals surface area contributed by atoms with Crippen LogP contribution in [0.25, 0.3) is 0 Å². The number of ether oxygens (including phenoxy) is 2. The highest BCUT2D eigenvalue weighted by Gasteiger charge is 2.51. The summed E-state index contributed by atoms with van der Waals surface area (Å²) in [6.45, 7) is 4.80. The fourth-order valence-electron chi connectivity index (χ4n) is 6.22. The van der Waals surface area contributed by atoms with Gasteiger partial charge in [-0.3, -0.25) is 14.4 Å². The van der Waals surface area contributed by atoms with E-state index in [-0.39, 0.29) is 52.9 Å². The van der Waals surface area contributed by atoms with Gasteiger partial charge in [0.15, 0.2) is 11.6 Å². The van der Waals surface area contributed by atoms with Crippen LogP contribution in [0, 0.1) is 35.4 Å². The van der Waals surface area contributed by atoms with Crippen LogP contribution < -0.4 is 20.1 Å². The van der Waals surface area contributed by atoms with Crippen LogP contribution in [0.15, 0.2) is 12.1 Å². The lowest BCUT2D eigenvalue weighted by Gasteiger charge is -2.31. The first-order valence-electron chi connectivity index (χ1n) is 13.6. The molecule has 0 heterocycles. The number of carboxylic acids is 1. The monoisotopic (exact) mass is 518 g/mol. The summed E-state index contributed by atoms with van der Waals surface area (Å²) in [5.74, 6) is -1.66. The zero-order chi connectivity index (χ0) is 26.7. The Kier molecular flexibility index (Phi) is 8.60. The molecule has 2 amide bonds. The number of benzene rings is 1. The minimum absolute atomic E-state index is 0.00939. The molecule has 8 nitrogen and oxygen atoms in total. The molecule has 4 rings (SSSR count). The highest BCUT2D eigenvalue weighted by molar-refractivity contribution is 5.98. The molecule has 3 aliphatic rings. The van der Waals surface area contributed by atoms with E-state index in [1.807, 2.05) is 0 Å². The molecule has 2 bridgehead atoms. The fraction of sp³-hybridized carbons (Fsp3) is 0.679. The van der Waals surface area contributed by atoms with Crippen molar-refractivity contribution in [1.29, 1.82) is 0 Å². The van der Waals surface area contributed by atoms with Crippen LogP contribution in [0.5, 0.6) is 11.5 Å². The van der Waals surface area contributed by atoms with E-state index in [0.717, 1.165) is 31.7 Å². The van der Waals surface area contributed by atoms with Crippen LogP contribution in [-0.4, -0.2) is 48.7 Å². The highest BCUT2D eigenvalue weighted by Crippen LogP contribution is 2.49. The molecule has 1 aromatic rings. The molecule has 0 saturated heterocycles. The predicted molar refractivity (Wildman–Crippen MR) is 135 cm³/mol. The second-order valence-corrected chi connectivity index (χ2v) is 11.0. The summed E-state index contributed by atoms with van der Waals surface area (Å²) in [6.07, 6.45) is 5.47. The Morgan fingerprint density at radius 3 is 2.43 bits per heavy atom. The van der Waals surface area contributed by atoms with Gasteiger partial charge >= 0.3 is 5.97 Å². The average Bonchev–Trinajstić information content (AvgIpc) is 3.50. The van der Waals surface area contributed by atoms with Gasteiger partial charge in [0.2, 0.25) is 5.91 Å². The Hall–Kier alpha value is -2.84. The largest absolute Gasteiger partial charge is 0.496 e. The summed E-state index contributed by atoms with van der Waals surface area (Å²) >= 11 is 0. The summed E-state index contributed by atoms with van der Waals surface area (Å²) < 4.78 is 26.0. The Morgan fingerprint density at radius 2 is 1.78 bits per heavy atom. The molecule has 204 valence electrons. The number of halogens is 1. The van der Waals surface area contributed by atoms with E-state index in [1.165, 1.54) is 13.2 Å². The van der Waals surface area contributed by atoms with Gasteiger partial charge < -0.3 is 25.2 Å². The number of amides is 2. The van der Waals surface area contributed by atoms with Crippen molar-refractivity contribution in [3.05, 3.63) is 23.5 Å². The third-order valence-corrected chi connectivity index (χ3v) is 8.65. The van der Waals surface area contributed by atoms with Gasteiger partial charge in [0.25, 0.3) is 5.91 Å². The van der Waals surface area contributed by atoms with Crippen molar-refractivity contribution in [2.75, 3.05) is 13.7 Å². The molecule has 0 spiro atoms. The van der Waals surface area contributed by atoms with E-state index in [4.69, 9.17) is 9.47 Å². The normalized spacial score (nSPS) is 29.4. The number of rotatable bonds is 10. The fourth-order valence-corrected chi connectivity index (χ4v) is 6.22. The van der Waals surface area contributed by atoms with Crippen molar-refractivity contribution < 1.29 is 33.4 Å². The lowest BCUT2D eigenvalue weighted by atomic mass is 9.83. The van der Waals surface area contributed by atoms with Gasteiger partial charge in [-0.15, -0.1) is 0 Å². The highest BCUT2D eigenvalue weighted by atomic mass is 19.1. The van der Waals surface area contributed by atoms with Gasteiger partial charge in [-0.1, -0.05) is 20.3 Å². The molecular weight excluding hydrogens is 479 g/mol. The number of aliphatic carboxylic acids is 1. The van der Waals surface area contributed by atoms with Crippen LogP contribution >= 0.6 is 0 Å². The first-order chi connectivity index (χ1) is 17.7. The summed E-state index contributed by atoms with van der Waals surface area (Å²) in [7, 11) is 1.38. The molecule has 1 unspecified atom stereocenters. The summed E-state index contributed by atoms with van der Waals surface area (Å²) in [6, 6.07) is 2.22. The molecule has 3 aliphatic carbocycles. The van der Waals surface area contributed by atoms with Crippen LogP contribution in [0.2, 0.25) is 0 Å². The third kappa shape index (κ3) is 6.02. The van der Waals surface area contributed by atoms with Gasteiger partial charge in [0, 0.05) is 18.7 Å². The van der Waals surface area contributed by atoms with Crippen molar-refractivity contribution in [3.8, 4) is 11.5 Å². The number of hydrogen-bond donors (Lipinski definition) is 3. The molecule has 0 aromatic heterocycles. The Bertz CT molecular complexity index is 1010. The molecule has 3 saturated carbocycles. The second kappa shape index (κ2) is 11.7. The molecule has 5 atom stereocenters. The standard InChI is InChI=1S/C28H39FN2O6/c1-4-15(2)14-30-27(33)24-17-5-6-18(11-17)25(24)31-26(32)20-12-23(21(29)13-22(20)36-3)37-19-9-7-16(8-10-19)28(34)35/h12-13,15-19,24-25H,4-11,14H2,1-3H3,(H,30,33)(H,31,32)(H,34,35)/t15?,16?,17-,18+,19?,24+,25-/m1/s1. The summed E-state index contributed by atoms with van der Waals surface area (Å²) in [5, 5.41) is 15.4. The molecule has 37 heavy (non-hydrogen) atoms. The number of hydrogen-bond acceptors (Lipinski definition) is 5. The van der Waals surface area contributed by atoms with Gasteiger partial charge in [-0.05, 0) is 68.8 Å². The van der Waals surface area contributed by atoms with Crippen LogP contribution in [-0.2, 0) is 9.59 Å². The van der Waals surface area contributed by atoms with Gasteiger partial charge in [0.1, 0.15) is 5.75 Å². The number of carbonyl (C=O) groups excluding carboxylic acids is 2. The maximum atomic E-state index is 14.8. The van der Waals surface area contributed by atoms with E-state index in [1.54, 1.807) is 0 Å². The number of carbonyl (C=O) groups is 3. The quantitative estimate of drug-likeness (QED) is 0.429. The second-order valence-electron chi connectivity index (χ2n) is 11.0. The first kappa shape index (κ1) is 27.2. The van der Waals surface area contributed by atoms with Crippen molar-refractivity contribution >= 4 is 17.8 Å². The first-order valence-corrected chi connectivity index (χ1v) is 13.6. The van der Waals surface area contributed by atoms with Crippen molar-refractivity contribution in [1.82, 2.24) is 10.6 Å². The molecule has 3 N–H and O–H groups in total. The van der Waals surface area contributed by atoms with E-state index in [0.29, 0.717) is 38.1 Å². The molecule has 1 aromatic carbocycles. The number of carboxylic acid groups (broad SMARTS) is 1. The smallest absolute Gasteiger partial charge is 0.306 e. The lowest BCUT2D eigenvalue weighted by Crippen LogP contribution is -2.50. The molecule has 0 radical (unpaired) electrons. The SMILES string of the molecule is CCC(C)CNC(=O)[C@H]1[C@@H]2CC[C@@H](C2)[C@H]1NC(=O)c1cc(OC2CCC(C(=O)O)CC2)c(F)cc1OC. The summed E-state index contributed by atoms with van der Waals surface area (Å²) in [5.41, 5.74) is 0.152. The minimum Gasteiger partial charge on any atom is -0.496 e. The summed E-state index contributed by atoms with van der Waals surface area (Å²) in [4.78, 5) is 37.8. The van der Waals surface area contributed by atoms with E-state index in [9.17, 15) is 23.9 Å². The Labute approximate surface area is 217 Å². The topological polar surface area (TPSA) is 114 Å². The minimum atomic E-state index is -0.819. The van der Waals surface area contributed by atoms with Crippen LogP contribution in [0.3, 0.4) is 0 Å². The van der Waals surface area contributed by atoms with Gasteiger partial charge in [-0.25, -0.2) is 4.39 Å². The zero-order valence-electron chi connectivity index (χ0n) is 21.9. The van der Waals surface area contributed by atoms with E-state index >= 15 is 0 Å². The Balaban J connectivity index is 1.47.